The van der Waals surface area contributed by atoms with Gasteiger partial charge >= 0.3 is 0 Å². The predicted octanol–water partition coefficient (Wildman–Crippen LogP) is 5.25. The lowest BCUT2D eigenvalue weighted by molar-refractivity contribution is -0.116. The van der Waals surface area contributed by atoms with Gasteiger partial charge in [-0.1, -0.05) is 55.5 Å². The van der Waals surface area contributed by atoms with Crippen molar-refractivity contribution < 1.29 is 13.7 Å². The van der Waals surface area contributed by atoms with Gasteiger partial charge in [0.2, 0.25) is 5.91 Å². The Hall–Kier alpha value is -2.92. The van der Waals surface area contributed by atoms with E-state index in [4.69, 9.17) is 4.74 Å². The molecule has 1 N–H and O–H groups in total. The Kier molecular flexibility index (Phi) is 5.49. The zero-order valence-electron chi connectivity index (χ0n) is 16.5. The van der Waals surface area contributed by atoms with Gasteiger partial charge in [-0.05, 0) is 30.2 Å². The molecule has 1 aliphatic heterocycles. The molecule has 5 heteroatoms. The van der Waals surface area contributed by atoms with E-state index >= 15 is 0 Å². The van der Waals surface area contributed by atoms with Crippen LogP contribution in [-0.4, -0.2) is 16.4 Å². The highest BCUT2D eigenvalue weighted by atomic mass is 32.2. The maximum absolute atomic E-state index is 13.1. The van der Waals surface area contributed by atoms with Gasteiger partial charge in [-0.3, -0.25) is 9.00 Å². The van der Waals surface area contributed by atoms with Crippen LogP contribution < -0.4 is 10.1 Å². The van der Waals surface area contributed by atoms with Crippen LogP contribution >= 0.6 is 0 Å². The van der Waals surface area contributed by atoms with Crippen molar-refractivity contribution >= 4 is 22.4 Å². The number of hydrogen-bond acceptors (Lipinski definition) is 3. The number of carbonyl (C=O) groups is 1. The number of ether oxygens (including phenoxy) is 1. The van der Waals surface area contributed by atoms with Crippen LogP contribution in [0.15, 0.2) is 71.6 Å². The topological polar surface area (TPSA) is 55.4 Å². The molecule has 0 spiro atoms. The van der Waals surface area contributed by atoms with E-state index in [-0.39, 0.29) is 18.2 Å². The van der Waals surface area contributed by atoms with Crippen LogP contribution in [0, 0.1) is 0 Å². The first-order valence-electron chi connectivity index (χ1n) is 9.69. The summed E-state index contributed by atoms with van der Waals surface area (Å²) in [7, 11) is -1.18. The van der Waals surface area contributed by atoms with E-state index in [1.54, 1.807) is 6.26 Å². The third kappa shape index (κ3) is 3.83. The van der Waals surface area contributed by atoms with Gasteiger partial charge in [0.15, 0.2) is 0 Å². The summed E-state index contributed by atoms with van der Waals surface area (Å²) in [6.45, 7) is 2.03. The molecule has 1 atom stereocenters. The van der Waals surface area contributed by atoms with Gasteiger partial charge in [0, 0.05) is 29.7 Å². The summed E-state index contributed by atoms with van der Waals surface area (Å²) in [6.07, 6.45) is 2.67. The summed E-state index contributed by atoms with van der Waals surface area (Å²) in [4.78, 5) is 13.8. The number of nitrogens with one attached hydrogen (secondary N) is 1. The first kappa shape index (κ1) is 19.4. The molecule has 1 unspecified atom stereocenters. The van der Waals surface area contributed by atoms with Crippen molar-refractivity contribution in [1.82, 2.24) is 0 Å². The molecule has 148 valence electrons. The lowest BCUT2D eigenvalue weighted by atomic mass is 9.85. The quantitative estimate of drug-likeness (QED) is 0.630. The molecule has 0 aliphatic carbocycles. The minimum absolute atomic E-state index is 0.0967. The lowest BCUT2D eigenvalue weighted by Gasteiger charge is -2.28. The molecule has 4 rings (SSSR count). The van der Waals surface area contributed by atoms with E-state index < -0.39 is 10.8 Å². The number of amides is 1. The Morgan fingerprint density at radius 1 is 0.966 bits per heavy atom. The molecule has 3 aromatic carbocycles. The summed E-state index contributed by atoms with van der Waals surface area (Å²) < 4.78 is 18.2. The zero-order chi connectivity index (χ0) is 20.4. The molecule has 1 aliphatic rings. The van der Waals surface area contributed by atoms with Crippen LogP contribution in [0.25, 0.3) is 0 Å². The smallest absolute Gasteiger partial charge is 0.225 e. The molecule has 0 saturated carbocycles. The second-order valence-corrected chi connectivity index (χ2v) is 8.43. The molecule has 0 aromatic heterocycles. The van der Waals surface area contributed by atoms with E-state index in [9.17, 15) is 9.00 Å². The summed E-state index contributed by atoms with van der Waals surface area (Å²) in [5.74, 6) is 1.37. The molecule has 0 fully saturated rings. The largest absolute Gasteiger partial charge is 0.457 e. The number of carbonyl (C=O) groups excluding carboxylic acids is 1. The van der Waals surface area contributed by atoms with Crippen LogP contribution in [0.4, 0.5) is 5.69 Å². The van der Waals surface area contributed by atoms with Gasteiger partial charge in [0.25, 0.3) is 0 Å². The van der Waals surface area contributed by atoms with Gasteiger partial charge in [-0.25, -0.2) is 0 Å². The fourth-order valence-corrected chi connectivity index (χ4v) is 4.60. The van der Waals surface area contributed by atoms with Gasteiger partial charge in [-0.2, -0.15) is 0 Å². The van der Waals surface area contributed by atoms with Crippen molar-refractivity contribution in [1.29, 1.82) is 0 Å². The number of fused-ring (bicyclic) bond motifs is 2. The summed E-state index contributed by atoms with van der Waals surface area (Å²) in [5.41, 5.74) is 3.67. The number of hydrogen-bond donors (Lipinski definition) is 1. The molecular formula is C24H23NO3S. The van der Waals surface area contributed by atoms with E-state index in [2.05, 4.69) is 5.32 Å². The normalized spacial score (nSPS) is 13.7. The molecule has 4 nitrogen and oxygen atoms in total. The van der Waals surface area contributed by atoms with Gasteiger partial charge in [0.05, 0.1) is 21.4 Å². The SMILES string of the molecule is CCc1cccc(S(C)=O)c1NC(=O)CC1c2ccccc2Oc2ccccc21. The molecule has 1 heterocycles. The van der Waals surface area contributed by atoms with Crippen molar-refractivity contribution in [2.24, 2.45) is 0 Å². The third-order valence-electron chi connectivity index (χ3n) is 5.27. The molecule has 1 amide bonds. The average Bonchev–Trinajstić information content (AvgIpc) is 2.73. The van der Waals surface area contributed by atoms with Crippen molar-refractivity contribution in [3.63, 3.8) is 0 Å². The molecule has 0 bridgehead atoms. The first-order chi connectivity index (χ1) is 14.1. The Morgan fingerprint density at radius 2 is 1.59 bits per heavy atom. The van der Waals surface area contributed by atoms with Crippen LogP contribution in [-0.2, 0) is 22.0 Å². The van der Waals surface area contributed by atoms with Gasteiger partial charge in [-0.15, -0.1) is 0 Å². The van der Waals surface area contributed by atoms with E-state index in [0.717, 1.165) is 34.6 Å². The fraction of sp³-hybridized carbons (Fsp3) is 0.208. The van der Waals surface area contributed by atoms with E-state index in [1.165, 1.54) is 0 Å². The Morgan fingerprint density at radius 3 is 2.17 bits per heavy atom. The fourth-order valence-electron chi connectivity index (χ4n) is 3.86. The second-order valence-electron chi connectivity index (χ2n) is 7.08. The van der Waals surface area contributed by atoms with Crippen LogP contribution in [0.1, 0.15) is 36.0 Å². The van der Waals surface area contributed by atoms with Crippen molar-refractivity contribution in [3.8, 4) is 11.5 Å². The monoisotopic (exact) mass is 405 g/mol. The predicted molar refractivity (Wildman–Crippen MR) is 116 cm³/mol. The molecule has 0 saturated heterocycles. The van der Waals surface area contributed by atoms with Crippen LogP contribution in [0.3, 0.4) is 0 Å². The van der Waals surface area contributed by atoms with E-state index in [1.807, 2.05) is 73.7 Å². The van der Waals surface area contributed by atoms with Crippen LogP contribution in [0.2, 0.25) is 0 Å². The minimum Gasteiger partial charge on any atom is -0.457 e. The minimum atomic E-state index is -1.18. The maximum atomic E-state index is 13.1. The lowest BCUT2D eigenvalue weighted by Crippen LogP contribution is -2.20. The maximum Gasteiger partial charge on any atom is 0.225 e. The number of aryl methyl sites for hydroxylation is 1. The van der Waals surface area contributed by atoms with E-state index in [0.29, 0.717) is 10.6 Å². The van der Waals surface area contributed by atoms with Crippen molar-refractivity contribution in [2.45, 2.75) is 30.6 Å². The summed E-state index contributed by atoms with van der Waals surface area (Å²) in [5, 5.41) is 3.05. The van der Waals surface area contributed by atoms with Crippen molar-refractivity contribution in [3.05, 3.63) is 83.4 Å². The molecule has 0 radical (unpaired) electrons. The number of para-hydroxylation sites is 3. The number of rotatable bonds is 5. The number of benzene rings is 3. The Balaban J connectivity index is 1.66. The van der Waals surface area contributed by atoms with Gasteiger partial charge in [0.1, 0.15) is 11.5 Å². The zero-order valence-corrected chi connectivity index (χ0v) is 17.3. The summed E-state index contributed by atoms with van der Waals surface area (Å²) >= 11 is 0. The molecular weight excluding hydrogens is 382 g/mol. The average molecular weight is 406 g/mol. The molecule has 29 heavy (non-hydrogen) atoms. The van der Waals surface area contributed by atoms with Crippen molar-refractivity contribution in [2.75, 3.05) is 11.6 Å². The highest BCUT2D eigenvalue weighted by Gasteiger charge is 2.29. The first-order valence-corrected chi connectivity index (χ1v) is 11.2. The highest BCUT2D eigenvalue weighted by molar-refractivity contribution is 7.84. The molecule has 3 aromatic rings. The standard InChI is InChI=1S/C24H23NO3S/c1-3-16-9-8-14-22(29(2)27)24(16)25-23(26)15-19-17-10-4-6-12-20(17)28-21-13-7-5-11-18(19)21/h4-14,19H,3,15H2,1-2H3,(H,25,26). The van der Waals surface area contributed by atoms with Gasteiger partial charge < -0.3 is 10.1 Å². The Labute approximate surface area is 173 Å². The second kappa shape index (κ2) is 8.21. The number of anilines is 1. The Bertz CT molecular complexity index is 1050. The highest BCUT2D eigenvalue weighted by Crippen LogP contribution is 2.45. The summed E-state index contributed by atoms with van der Waals surface area (Å²) in [6, 6.07) is 21.3. The van der Waals surface area contributed by atoms with Crippen LogP contribution in [0.5, 0.6) is 11.5 Å². The third-order valence-corrected chi connectivity index (χ3v) is 6.23.